The zero-order chi connectivity index (χ0) is 11.5. The molecule has 4 atom stereocenters. The topological polar surface area (TPSA) is 15.3 Å². The first-order valence-electron chi connectivity index (χ1n) is 7.14. The lowest BCUT2D eigenvalue weighted by Crippen LogP contribution is -2.42. The van der Waals surface area contributed by atoms with E-state index in [1.165, 1.54) is 45.3 Å². The fourth-order valence-corrected chi connectivity index (χ4v) is 3.24. The zero-order valence-electron chi connectivity index (χ0n) is 11.2. The average molecular weight is 224 g/mol. The van der Waals surface area contributed by atoms with Gasteiger partial charge in [-0.15, -0.1) is 0 Å². The summed E-state index contributed by atoms with van der Waals surface area (Å²) >= 11 is 0. The van der Waals surface area contributed by atoms with E-state index in [1.54, 1.807) is 0 Å². The summed E-state index contributed by atoms with van der Waals surface area (Å²) in [6.45, 7) is 10.9. The van der Waals surface area contributed by atoms with E-state index in [4.69, 9.17) is 0 Å². The van der Waals surface area contributed by atoms with Gasteiger partial charge in [0.05, 0.1) is 0 Å². The zero-order valence-corrected chi connectivity index (χ0v) is 11.2. The molecule has 2 nitrogen and oxygen atoms in total. The average Bonchev–Trinajstić information content (AvgIpc) is 2.47. The first kappa shape index (κ1) is 12.4. The molecular formula is C14H28N2. The summed E-state index contributed by atoms with van der Waals surface area (Å²) in [6, 6.07) is 1.59. The van der Waals surface area contributed by atoms with Gasteiger partial charge in [0, 0.05) is 25.2 Å². The maximum atomic E-state index is 3.59. The van der Waals surface area contributed by atoms with Gasteiger partial charge in [0.2, 0.25) is 0 Å². The molecule has 1 saturated heterocycles. The van der Waals surface area contributed by atoms with Crippen molar-refractivity contribution in [2.45, 2.75) is 58.5 Å². The van der Waals surface area contributed by atoms with Gasteiger partial charge in [-0.05, 0) is 51.0 Å². The maximum Gasteiger partial charge on any atom is 0.0110 e. The minimum Gasteiger partial charge on any atom is -0.313 e. The van der Waals surface area contributed by atoms with Crippen molar-refractivity contribution in [2.24, 2.45) is 11.8 Å². The molecule has 0 aromatic carbocycles. The number of hydrogen-bond acceptors (Lipinski definition) is 2. The molecule has 1 aliphatic heterocycles. The molecule has 16 heavy (non-hydrogen) atoms. The third kappa shape index (κ3) is 2.98. The Morgan fingerprint density at radius 1 is 0.938 bits per heavy atom. The molecule has 0 radical (unpaired) electrons. The Morgan fingerprint density at radius 2 is 1.75 bits per heavy atom. The van der Waals surface area contributed by atoms with Gasteiger partial charge < -0.3 is 5.32 Å². The van der Waals surface area contributed by atoms with Gasteiger partial charge in [0.15, 0.2) is 0 Å². The summed E-state index contributed by atoms with van der Waals surface area (Å²) in [7, 11) is 0. The normalized spacial score (nSPS) is 42.9. The summed E-state index contributed by atoms with van der Waals surface area (Å²) in [5.74, 6) is 1.87. The highest BCUT2D eigenvalue weighted by Crippen LogP contribution is 2.32. The monoisotopic (exact) mass is 224 g/mol. The predicted octanol–water partition coefficient (Wildman–Crippen LogP) is 2.49. The molecule has 0 aromatic heterocycles. The lowest BCUT2D eigenvalue weighted by atomic mass is 9.78. The summed E-state index contributed by atoms with van der Waals surface area (Å²) in [6.07, 6.45) is 5.61. The van der Waals surface area contributed by atoms with Crippen molar-refractivity contribution < 1.29 is 0 Å². The van der Waals surface area contributed by atoms with Crippen LogP contribution in [0.4, 0.5) is 0 Å². The van der Waals surface area contributed by atoms with Crippen LogP contribution in [0, 0.1) is 11.8 Å². The molecule has 1 aliphatic carbocycles. The predicted molar refractivity (Wildman–Crippen MR) is 69.6 cm³/mol. The van der Waals surface area contributed by atoms with Crippen LogP contribution in [0.25, 0.3) is 0 Å². The summed E-state index contributed by atoms with van der Waals surface area (Å²) in [4.78, 5) is 2.75. The molecule has 2 rings (SSSR count). The fraction of sp³-hybridized carbons (Fsp3) is 1.00. The lowest BCUT2D eigenvalue weighted by molar-refractivity contribution is 0.114. The molecule has 1 heterocycles. The Kier molecular flexibility index (Phi) is 4.26. The highest BCUT2D eigenvalue weighted by atomic mass is 15.2. The molecule has 0 aromatic rings. The Bertz CT molecular complexity index is 215. The minimum absolute atomic E-state index is 0.713. The molecule has 2 heteroatoms. The molecule has 1 saturated carbocycles. The minimum atomic E-state index is 0.713. The summed E-state index contributed by atoms with van der Waals surface area (Å²) in [5, 5.41) is 3.59. The van der Waals surface area contributed by atoms with Crippen molar-refractivity contribution in [2.75, 3.05) is 19.6 Å². The second kappa shape index (κ2) is 5.50. The molecular weight excluding hydrogens is 196 g/mol. The third-order valence-electron chi connectivity index (χ3n) is 4.83. The van der Waals surface area contributed by atoms with Gasteiger partial charge in [0.25, 0.3) is 0 Å². The Balaban J connectivity index is 1.87. The van der Waals surface area contributed by atoms with Crippen molar-refractivity contribution in [3.63, 3.8) is 0 Å². The second-order valence-corrected chi connectivity index (χ2v) is 6.10. The van der Waals surface area contributed by atoms with Crippen molar-refractivity contribution in [1.29, 1.82) is 0 Å². The van der Waals surface area contributed by atoms with Crippen LogP contribution in [0.2, 0.25) is 0 Å². The van der Waals surface area contributed by atoms with Crippen molar-refractivity contribution >= 4 is 0 Å². The van der Waals surface area contributed by atoms with Gasteiger partial charge in [0.1, 0.15) is 0 Å². The van der Waals surface area contributed by atoms with Crippen molar-refractivity contribution in [1.82, 2.24) is 10.2 Å². The number of hydrogen-bond donors (Lipinski definition) is 1. The van der Waals surface area contributed by atoms with Gasteiger partial charge in [-0.1, -0.05) is 13.8 Å². The van der Waals surface area contributed by atoms with Crippen LogP contribution in [0.1, 0.15) is 46.5 Å². The molecule has 0 spiro atoms. The van der Waals surface area contributed by atoms with E-state index in [9.17, 15) is 0 Å². The molecule has 1 N–H and O–H groups in total. The van der Waals surface area contributed by atoms with Crippen LogP contribution in [0.3, 0.4) is 0 Å². The number of nitrogens with one attached hydrogen (secondary N) is 1. The molecule has 2 fully saturated rings. The third-order valence-corrected chi connectivity index (χ3v) is 4.83. The molecule has 0 amide bonds. The van der Waals surface area contributed by atoms with Crippen LogP contribution in [-0.4, -0.2) is 36.6 Å². The van der Waals surface area contributed by atoms with Crippen LogP contribution >= 0.6 is 0 Å². The van der Waals surface area contributed by atoms with Crippen LogP contribution in [0.15, 0.2) is 0 Å². The molecule has 2 aliphatic rings. The lowest BCUT2D eigenvalue weighted by Gasteiger charge is -2.38. The maximum absolute atomic E-state index is 3.59. The molecule has 0 bridgehead atoms. The quantitative estimate of drug-likeness (QED) is 0.736. The highest BCUT2D eigenvalue weighted by Gasteiger charge is 2.29. The van der Waals surface area contributed by atoms with E-state index in [0.717, 1.165) is 17.9 Å². The van der Waals surface area contributed by atoms with E-state index >= 15 is 0 Å². The number of rotatable bonds is 1. The van der Waals surface area contributed by atoms with E-state index in [2.05, 4.69) is 31.0 Å². The molecule has 94 valence electrons. The van der Waals surface area contributed by atoms with E-state index < -0.39 is 0 Å². The first-order chi connectivity index (χ1) is 7.66. The van der Waals surface area contributed by atoms with E-state index in [1.807, 2.05) is 0 Å². The Morgan fingerprint density at radius 3 is 2.50 bits per heavy atom. The SMILES string of the molecule is CC1CCN(C2CCC(C)C(C)C2)CCN1. The smallest absolute Gasteiger partial charge is 0.0110 e. The Hall–Kier alpha value is -0.0800. The largest absolute Gasteiger partial charge is 0.313 e. The van der Waals surface area contributed by atoms with Gasteiger partial charge in [-0.2, -0.15) is 0 Å². The summed E-state index contributed by atoms with van der Waals surface area (Å²) in [5.41, 5.74) is 0. The van der Waals surface area contributed by atoms with Gasteiger partial charge in [-0.25, -0.2) is 0 Å². The second-order valence-electron chi connectivity index (χ2n) is 6.10. The van der Waals surface area contributed by atoms with Crippen LogP contribution < -0.4 is 5.32 Å². The fourth-order valence-electron chi connectivity index (χ4n) is 3.24. The van der Waals surface area contributed by atoms with Crippen molar-refractivity contribution in [3.05, 3.63) is 0 Å². The van der Waals surface area contributed by atoms with E-state index in [0.29, 0.717) is 6.04 Å². The van der Waals surface area contributed by atoms with Gasteiger partial charge >= 0.3 is 0 Å². The standard InChI is InChI=1S/C14H28N2/c1-11-4-5-14(10-12(11)2)16-8-6-13(3)15-7-9-16/h11-15H,4-10H2,1-3H3. The Labute approximate surface area is 101 Å². The van der Waals surface area contributed by atoms with Crippen LogP contribution in [0.5, 0.6) is 0 Å². The van der Waals surface area contributed by atoms with Crippen LogP contribution in [-0.2, 0) is 0 Å². The number of nitrogens with zero attached hydrogens (tertiary/aromatic N) is 1. The van der Waals surface area contributed by atoms with Crippen molar-refractivity contribution in [3.8, 4) is 0 Å². The van der Waals surface area contributed by atoms with E-state index in [-0.39, 0.29) is 0 Å². The molecule has 4 unspecified atom stereocenters. The van der Waals surface area contributed by atoms with Gasteiger partial charge in [-0.3, -0.25) is 4.90 Å². The highest BCUT2D eigenvalue weighted by molar-refractivity contribution is 4.84. The first-order valence-corrected chi connectivity index (χ1v) is 7.14. The summed E-state index contributed by atoms with van der Waals surface area (Å²) < 4.78 is 0.